The van der Waals surface area contributed by atoms with E-state index in [0.717, 1.165) is 11.1 Å². The van der Waals surface area contributed by atoms with Crippen molar-refractivity contribution < 1.29 is 9.53 Å². The zero-order chi connectivity index (χ0) is 19.5. The molecule has 1 amide bonds. The smallest absolute Gasteiger partial charge is 0.305 e. The molecule has 2 aromatic heterocycles. The van der Waals surface area contributed by atoms with Gasteiger partial charge in [0.2, 0.25) is 0 Å². The molecule has 0 saturated carbocycles. The summed E-state index contributed by atoms with van der Waals surface area (Å²) < 4.78 is 6.88. The van der Waals surface area contributed by atoms with E-state index in [2.05, 4.69) is 4.98 Å². The highest BCUT2D eigenvalue weighted by Crippen LogP contribution is 2.32. The summed E-state index contributed by atoms with van der Waals surface area (Å²) in [4.78, 5) is 30.0. The largest absolute Gasteiger partial charge is 0.454 e. The minimum absolute atomic E-state index is 0.0359. The van der Waals surface area contributed by atoms with Gasteiger partial charge >= 0.3 is 6.01 Å². The molecule has 0 fully saturated rings. The maximum Gasteiger partial charge on any atom is 0.305 e. The van der Waals surface area contributed by atoms with Gasteiger partial charge in [0.15, 0.2) is 6.61 Å². The number of hydrogen-bond donors (Lipinski definition) is 2. The van der Waals surface area contributed by atoms with Crippen LogP contribution in [0, 0.1) is 0 Å². The van der Waals surface area contributed by atoms with Gasteiger partial charge in [-0.05, 0) is 17.7 Å². The molecule has 0 radical (unpaired) electrons. The second kappa shape index (κ2) is 7.63. The molecule has 7 nitrogen and oxygen atoms in total. The van der Waals surface area contributed by atoms with Crippen LogP contribution < -0.4 is 21.6 Å². The Labute approximate surface area is 164 Å². The third-order valence-electron chi connectivity index (χ3n) is 4.17. The summed E-state index contributed by atoms with van der Waals surface area (Å²) in [5.41, 5.74) is 4.07. The van der Waals surface area contributed by atoms with E-state index in [-0.39, 0.29) is 18.2 Å². The average molecular weight is 392 g/mol. The highest BCUT2D eigenvalue weighted by atomic mass is 32.1. The molecule has 0 unspecified atom stereocenters. The molecule has 0 bridgehead atoms. The van der Waals surface area contributed by atoms with Gasteiger partial charge < -0.3 is 4.74 Å². The Morgan fingerprint density at radius 2 is 1.79 bits per heavy atom. The van der Waals surface area contributed by atoms with Crippen LogP contribution in [0.5, 0.6) is 6.01 Å². The van der Waals surface area contributed by atoms with E-state index in [4.69, 9.17) is 10.6 Å². The Hall–Kier alpha value is -3.49. The topological polar surface area (TPSA) is 99.2 Å². The van der Waals surface area contributed by atoms with E-state index in [1.165, 1.54) is 15.9 Å². The maximum atomic E-state index is 13.4. The fourth-order valence-corrected chi connectivity index (χ4v) is 3.81. The van der Waals surface area contributed by atoms with Gasteiger partial charge in [0.05, 0.1) is 11.1 Å². The highest BCUT2D eigenvalue weighted by Gasteiger charge is 2.19. The van der Waals surface area contributed by atoms with Crippen molar-refractivity contribution in [2.24, 2.45) is 5.84 Å². The highest BCUT2D eigenvalue weighted by molar-refractivity contribution is 7.17. The van der Waals surface area contributed by atoms with Gasteiger partial charge in [0.1, 0.15) is 4.83 Å². The van der Waals surface area contributed by atoms with Crippen LogP contribution in [0.15, 0.2) is 70.8 Å². The Bertz CT molecular complexity index is 1190. The zero-order valence-corrected chi connectivity index (χ0v) is 15.5. The summed E-state index contributed by atoms with van der Waals surface area (Å²) >= 11 is 1.35. The van der Waals surface area contributed by atoms with E-state index in [1.54, 1.807) is 12.1 Å². The lowest BCUT2D eigenvalue weighted by Crippen LogP contribution is -2.35. The van der Waals surface area contributed by atoms with Crippen LogP contribution in [0.4, 0.5) is 0 Å². The van der Waals surface area contributed by atoms with Gasteiger partial charge in [0.25, 0.3) is 11.5 Å². The van der Waals surface area contributed by atoms with Gasteiger partial charge in [-0.3, -0.25) is 15.0 Å². The first-order chi connectivity index (χ1) is 13.7. The number of amides is 1. The third kappa shape index (κ3) is 3.26. The lowest BCUT2D eigenvalue weighted by Gasteiger charge is -2.13. The van der Waals surface area contributed by atoms with E-state index in [9.17, 15) is 9.59 Å². The van der Waals surface area contributed by atoms with Crippen molar-refractivity contribution in [1.29, 1.82) is 0 Å². The number of nitrogens with one attached hydrogen (secondary N) is 1. The second-order valence-electron chi connectivity index (χ2n) is 5.92. The SMILES string of the molecule is NNC(=O)COc1nc2scc(-c3ccccc3)c2c(=O)n1-c1ccccc1. The Kier molecular flexibility index (Phi) is 4.88. The van der Waals surface area contributed by atoms with Crippen molar-refractivity contribution >= 4 is 27.5 Å². The summed E-state index contributed by atoms with van der Waals surface area (Å²) in [6.07, 6.45) is 0. The standard InChI is InChI=1S/C20H16N4O3S/c21-23-16(25)11-27-20-22-18-17(15(12-28-18)13-7-3-1-4-8-13)19(26)24(20)14-9-5-2-6-10-14/h1-10,12H,11,21H2,(H,23,25). The van der Waals surface area contributed by atoms with E-state index in [1.807, 2.05) is 59.3 Å². The maximum absolute atomic E-state index is 13.4. The molecule has 0 spiro atoms. The molecule has 0 saturated heterocycles. The molecule has 140 valence electrons. The lowest BCUT2D eigenvalue weighted by atomic mass is 10.1. The van der Waals surface area contributed by atoms with Crippen LogP contribution in [0.1, 0.15) is 0 Å². The average Bonchev–Trinajstić information content (AvgIpc) is 3.17. The van der Waals surface area contributed by atoms with E-state index >= 15 is 0 Å². The summed E-state index contributed by atoms with van der Waals surface area (Å²) in [5.74, 6) is 4.58. The number of para-hydroxylation sites is 1. The number of carbonyl (C=O) groups is 1. The number of ether oxygens (including phenoxy) is 1. The molecule has 3 N–H and O–H groups in total. The Morgan fingerprint density at radius 3 is 2.46 bits per heavy atom. The van der Waals surface area contributed by atoms with Crippen molar-refractivity contribution in [3.63, 3.8) is 0 Å². The van der Waals surface area contributed by atoms with Crippen LogP contribution in [0.2, 0.25) is 0 Å². The fraction of sp³-hybridized carbons (Fsp3) is 0.0500. The number of benzene rings is 2. The van der Waals surface area contributed by atoms with Gasteiger partial charge in [-0.25, -0.2) is 10.4 Å². The first-order valence-electron chi connectivity index (χ1n) is 8.46. The number of rotatable bonds is 5. The molecule has 0 atom stereocenters. The molecule has 0 aliphatic heterocycles. The van der Waals surface area contributed by atoms with E-state index < -0.39 is 5.91 Å². The quantitative estimate of drug-likeness (QED) is 0.309. The second-order valence-corrected chi connectivity index (χ2v) is 6.78. The number of hydrazine groups is 1. The number of nitrogens with two attached hydrogens (primary N) is 1. The number of hydrogen-bond acceptors (Lipinski definition) is 6. The third-order valence-corrected chi connectivity index (χ3v) is 5.04. The van der Waals surface area contributed by atoms with Crippen molar-refractivity contribution in [2.45, 2.75) is 0 Å². The fourth-order valence-electron chi connectivity index (χ4n) is 2.88. The van der Waals surface area contributed by atoms with Crippen LogP contribution in [-0.4, -0.2) is 22.1 Å². The van der Waals surface area contributed by atoms with E-state index in [0.29, 0.717) is 15.9 Å². The first kappa shape index (κ1) is 17.9. The number of aromatic nitrogens is 2. The molecule has 4 rings (SSSR count). The monoisotopic (exact) mass is 392 g/mol. The van der Waals surface area contributed by atoms with Crippen molar-refractivity contribution in [2.75, 3.05) is 6.61 Å². The lowest BCUT2D eigenvalue weighted by molar-refractivity contribution is -0.123. The van der Waals surface area contributed by atoms with Crippen molar-refractivity contribution in [3.05, 3.63) is 76.4 Å². The summed E-state index contributed by atoms with van der Waals surface area (Å²) in [6, 6.07) is 18.7. The van der Waals surface area contributed by atoms with Gasteiger partial charge in [-0.2, -0.15) is 4.98 Å². The van der Waals surface area contributed by atoms with Gasteiger partial charge in [0, 0.05) is 10.9 Å². The molecular weight excluding hydrogens is 376 g/mol. The molecule has 0 aliphatic rings. The first-order valence-corrected chi connectivity index (χ1v) is 9.34. The molecular formula is C20H16N4O3S. The predicted octanol–water partition coefficient (Wildman–Crippen LogP) is 2.48. The molecule has 0 aliphatic carbocycles. The van der Waals surface area contributed by atoms with Crippen LogP contribution in [0.25, 0.3) is 27.0 Å². The molecule has 2 aromatic carbocycles. The molecule has 28 heavy (non-hydrogen) atoms. The number of thiophene rings is 1. The summed E-state index contributed by atoms with van der Waals surface area (Å²) in [5, 5.41) is 2.41. The minimum atomic E-state index is -0.523. The van der Waals surface area contributed by atoms with Crippen LogP contribution in [0.3, 0.4) is 0 Å². The Balaban J connectivity index is 1.94. The normalized spacial score (nSPS) is 10.8. The number of carbonyl (C=O) groups excluding carboxylic acids is 1. The predicted molar refractivity (Wildman–Crippen MR) is 108 cm³/mol. The molecule has 2 heterocycles. The number of fused-ring (bicyclic) bond motifs is 1. The minimum Gasteiger partial charge on any atom is -0.454 e. The summed E-state index contributed by atoms with van der Waals surface area (Å²) in [7, 11) is 0. The van der Waals surface area contributed by atoms with Gasteiger partial charge in [-0.1, -0.05) is 48.5 Å². The van der Waals surface area contributed by atoms with Crippen LogP contribution >= 0.6 is 11.3 Å². The number of nitrogens with zero attached hydrogens (tertiary/aromatic N) is 2. The van der Waals surface area contributed by atoms with Crippen LogP contribution in [-0.2, 0) is 4.79 Å². The zero-order valence-electron chi connectivity index (χ0n) is 14.7. The molecule has 8 heteroatoms. The van der Waals surface area contributed by atoms with Crippen molar-refractivity contribution in [1.82, 2.24) is 15.0 Å². The summed E-state index contributed by atoms with van der Waals surface area (Å²) in [6.45, 7) is -0.349. The van der Waals surface area contributed by atoms with Crippen molar-refractivity contribution in [3.8, 4) is 22.8 Å². The van der Waals surface area contributed by atoms with Gasteiger partial charge in [-0.15, -0.1) is 11.3 Å². The Morgan fingerprint density at radius 1 is 1.11 bits per heavy atom. The molecule has 4 aromatic rings.